The Balaban J connectivity index is 2.31. The SMILES string of the molecule is CC(C)(C)OC(=O)N[C@H]1CCCC(N)C1. The second-order valence-corrected chi connectivity index (χ2v) is 5.27. The molecular weight excluding hydrogens is 192 g/mol. The van der Waals surface area contributed by atoms with Gasteiger partial charge in [-0.25, -0.2) is 4.79 Å². The van der Waals surface area contributed by atoms with E-state index in [1.54, 1.807) is 0 Å². The Kier molecular flexibility index (Phi) is 3.97. The summed E-state index contributed by atoms with van der Waals surface area (Å²) in [6, 6.07) is 0.405. The van der Waals surface area contributed by atoms with Gasteiger partial charge in [0.1, 0.15) is 5.60 Å². The molecular formula is C11H22N2O2. The van der Waals surface area contributed by atoms with Crippen molar-refractivity contribution in [2.24, 2.45) is 5.73 Å². The molecule has 0 radical (unpaired) electrons. The minimum absolute atomic E-state index is 0.184. The molecule has 1 amide bonds. The van der Waals surface area contributed by atoms with Gasteiger partial charge in [0.25, 0.3) is 0 Å². The zero-order chi connectivity index (χ0) is 11.5. The molecule has 1 rings (SSSR count). The summed E-state index contributed by atoms with van der Waals surface area (Å²) in [5.74, 6) is 0. The van der Waals surface area contributed by atoms with Crippen molar-refractivity contribution in [2.75, 3.05) is 0 Å². The van der Waals surface area contributed by atoms with E-state index in [1.165, 1.54) is 0 Å². The fourth-order valence-electron chi connectivity index (χ4n) is 1.83. The molecule has 3 N–H and O–H groups in total. The number of alkyl carbamates (subject to hydrolysis) is 1. The number of rotatable bonds is 1. The van der Waals surface area contributed by atoms with Crippen LogP contribution in [0.25, 0.3) is 0 Å². The summed E-state index contributed by atoms with van der Waals surface area (Å²) < 4.78 is 5.18. The van der Waals surface area contributed by atoms with Crippen LogP contribution >= 0.6 is 0 Å². The standard InChI is InChI=1S/C11H22N2O2/c1-11(2,3)15-10(14)13-9-6-4-5-8(12)7-9/h8-9H,4-7,12H2,1-3H3,(H,13,14)/t8?,9-/m0/s1. The molecule has 0 spiro atoms. The van der Waals surface area contributed by atoms with Crippen molar-refractivity contribution in [3.05, 3.63) is 0 Å². The van der Waals surface area contributed by atoms with E-state index < -0.39 is 5.60 Å². The van der Waals surface area contributed by atoms with Gasteiger partial charge in [-0.2, -0.15) is 0 Å². The lowest BCUT2D eigenvalue weighted by atomic mass is 9.92. The number of nitrogens with two attached hydrogens (primary N) is 1. The van der Waals surface area contributed by atoms with Gasteiger partial charge in [0.2, 0.25) is 0 Å². The summed E-state index contributed by atoms with van der Waals surface area (Å²) in [7, 11) is 0. The predicted molar refractivity (Wildman–Crippen MR) is 59.6 cm³/mol. The molecule has 0 aromatic rings. The molecule has 4 heteroatoms. The molecule has 0 aromatic carbocycles. The second kappa shape index (κ2) is 4.84. The minimum atomic E-state index is -0.430. The molecule has 1 aliphatic rings. The Bertz CT molecular complexity index is 223. The Morgan fingerprint density at radius 2 is 2.07 bits per heavy atom. The quantitative estimate of drug-likeness (QED) is 0.699. The average Bonchev–Trinajstić information content (AvgIpc) is 1.99. The highest BCUT2D eigenvalue weighted by Crippen LogP contribution is 2.17. The first kappa shape index (κ1) is 12.3. The maximum absolute atomic E-state index is 11.5. The molecule has 88 valence electrons. The van der Waals surface area contributed by atoms with Gasteiger partial charge in [-0.1, -0.05) is 0 Å². The Labute approximate surface area is 91.5 Å². The van der Waals surface area contributed by atoms with E-state index in [2.05, 4.69) is 5.32 Å². The predicted octanol–water partition coefficient (Wildman–Crippen LogP) is 1.78. The molecule has 1 fully saturated rings. The summed E-state index contributed by atoms with van der Waals surface area (Å²) in [4.78, 5) is 11.5. The summed E-state index contributed by atoms with van der Waals surface area (Å²) >= 11 is 0. The van der Waals surface area contributed by atoms with Gasteiger partial charge in [-0.3, -0.25) is 0 Å². The van der Waals surface area contributed by atoms with E-state index in [0.717, 1.165) is 25.7 Å². The molecule has 1 saturated carbocycles. The van der Waals surface area contributed by atoms with Crippen molar-refractivity contribution in [1.29, 1.82) is 0 Å². The van der Waals surface area contributed by atoms with Crippen LogP contribution in [0.1, 0.15) is 46.5 Å². The van der Waals surface area contributed by atoms with Crippen LogP contribution in [0.2, 0.25) is 0 Å². The number of amides is 1. The van der Waals surface area contributed by atoms with Crippen LogP contribution in [0.4, 0.5) is 4.79 Å². The van der Waals surface area contributed by atoms with Gasteiger partial charge < -0.3 is 15.8 Å². The molecule has 4 nitrogen and oxygen atoms in total. The van der Waals surface area contributed by atoms with Gasteiger partial charge in [0.15, 0.2) is 0 Å². The summed E-state index contributed by atoms with van der Waals surface area (Å²) in [6.07, 6.45) is 3.68. The Hall–Kier alpha value is -0.770. The van der Waals surface area contributed by atoms with Crippen molar-refractivity contribution < 1.29 is 9.53 Å². The lowest BCUT2D eigenvalue weighted by Gasteiger charge is -2.28. The highest BCUT2D eigenvalue weighted by molar-refractivity contribution is 5.68. The zero-order valence-corrected chi connectivity index (χ0v) is 9.88. The molecule has 0 aliphatic heterocycles. The molecule has 15 heavy (non-hydrogen) atoms. The van der Waals surface area contributed by atoms with Crippen molar-refractivity contribution in [2.45, 2.75) is 64.1 Å². The van der Waals surface area contributed by atoms with Crippen LogP contribution in [0.3, 0.4) is 0 Å². The van der Waals surface area contributed by atoms with Crippen LogP contribution < -0.4 is 11.1 Å². The number of carbonyl (C=O) groups is 1. The normalized spacial score (nSPS) is 27.2. The maximum Gasteiger partial charge on any atom is 0.407 e. The van der Waals surface area contributed by atoms with Crippen molar-refractivity contribution >= 4 is 6.09 Å². The topological polar surface area (TPSA) is 64.3 Å². The van der Waals surface area contributed by atoms with Crippen LogP contribution in [0.5, 0.6) is 0 Å². The van der Waals surface area contributed by atoms with E-state index in [1.807, 2.05) is 20.8 Å². The van der Waals surface area contributed by atoms with Crippen molar-refractivity contribution in [3.8, 4) is 0 Å². The molecule has 0 heterocycles. The highest BCUT2D eigenvalue weighted by Gasteiger charge is 2.23. The zero-order valence-electron chi connectivity index (χ0n) is 9.88. The third-order valence-corrected chi connectivity index (χ3v) is 2.44. The Morgan fingerprint density at radius 3 is 2.60 bits per heavy atom. The number of carbonyl (C=O) groups excluding carboxylic acids is 1. The Morgan fingerprint density at radius 1 is 1.40 bits per heavy atom. The third kappa shape index (κ3) is 5.02. The van der Waals surface area contributed by atoms with E-state index in [9.17, 15) is 4.79 Å². The van der Waals surface area contributed by atoms with Gasteiger partial charge in [0.05, 0.1) is 0 Å². The third-order valence-electron chi connectivity index (χ3n) is 2.44. The molecule has 0 aromatic heterocycles. The summed E-state index contributed by atoms with van der Waals surface area (Å²) in [5.41, 5.74) is 5.41. The number of hydrogen-bond acceptors (Lipinski definition) is 3. The molecule has 0 bridgehead atoms. The van der Waals surface area contributed by atoms with Crippen LogP contribution in [-0.2, 0) is 4.74 Å². The maximum atomic E-state index is 11.5. The first-order chi connectivity index (χ1) is 6.87. The fraction of sp³-hybridized carbons (Fsp3) is 0.909. The van der Waals surface area contributed by atoms with Crippen LogP contribution in [-0.4, -0.2) is 23.8 Å². The molecule has 0 saturated heterocycles. The minimum Gasteiger partial charge on any atom is -0.444 e. The lowest BCUT2D eigenvalue weighted by Crippen LogP contribution is -2.44. The average molecular weight is 214 g/mol. The number of hydrogen-bond donors (Lipinski definition) is 2. The van der Waals surface area contributed by atoms with Gasteiger partial charge in [0, 0.05) is 12.1 Å². The van der Waals surface area contributed by atoms with Crippen LogP contribution in [0.15, 0.2) is 0 Å². The molecule has 1 unspecified atom stereocenters. The second-order valence-electron chi connectivity index (χ2n) is 5.27. The first-order valence-electron chi connectivity index (χ1n) is 5.62. The smallest absolute Gasteiger partial charge is 0.407 e. The lowest BCUT2D eigenvalue weighted by molar-refractivity contribution is 0.0491. The van der Waals surface area contributed by atoms with E-state index in [4.69, 9.17) is 10.5 Å². The van der Waals surface area contributed by atoms with E-state index in [-0.39, 0.29) is 18.2 Å². The van der Waals surface area contributed by atoms with Crippen LogP contribution in [0, 0.1) is 0 Å². The summed E-state index contributed by atoms with van der Waals surface area (Å²) in [5, 5.41) is 2.86. The molecule has 2 atom stereocenters. The van der Waals surface area contributed by atoms with Gasteiger partial charge >= 0.3 is 6.09 Å². The monoisotopic (exact) mass is 214 g/mol. The highest BCUT2D eigenvalue weighted by atomic mass is 16.6. The number of nitrogens with one attached hydrogen (secondary N) is 1. The van der Waals surface area contributed by atoms with Gasteiger partial charge in [-0.05, 0) is 46.5 Å². The van der Waals surface area contributed by atoms with E-state index >= 15 is 0 Å². The van der Waals surface area contributed by atoms with E-state index in [0.29, 0.717) is 0 Å². The summed E-state index contributed by atoms with van der Waals surface area (Å²) in [6.45, 7) is 5.58. The first-order valence-corrected chi connectivity index (χ1v) is 5.62. The fourth-order valence-corrected chi connectivity index (χ4v) is 1.83. The molecule has 1 aliphatic carbocycles. The van der Waals surface area contributed by atoms with Crippen molar-refractivity contribution in [3.63, 3.8) is 0 Å². The largest absolute Gasteiger partial charge is 0.444 e. The van der Waals surface area contributed by atoms with Gasteiger partial charge in [-0.15, -0.1) is 0 Å². The van der Waals surface area contributed by atoms with Crippen molar-refractivity contribution in [1.82, 2.24) is 5.32 Å². The number of ether oxygens (including phenoxy) is 1.